The van der Waals surface area contributed by atoms with Crippen LogP contribution in [0, 0.1) is 0 Å². The van der Waals surface area contributed by atoms with Gasteiger partial charge in [-0.05, 0) is 68.4 Å². The van der Waals surface area contributed by atoms with E-state index in [1.54, 1.807) is 11.3 Å². The van der Waals surface area contributed by atoms with E-state index in [1.807, 2.05) is 12.2 Å². The van der Waals surface area contributed by atoms with Crippen LogP contribution < -0.4 is 0 Å². The minimum Gasteiger partial charge on any atom is -0.469 e. The molecule has 2 atom stereocenters. The van der Waals surface area contributed by atoms with Gasteiger partial charge in [0.1, 0.15) is 0 Å². The third kappa shape index (κ3) is 11.7. The Morgan fingerprint density at radius 2 is 1.91 bits per heavy atom. The third-order valence-electron chi connectivity index (χ3n) is 6.29. The van der Waals surface area contributed by atoms with Gasteiger partial charge >= 0.3 is 5.97 Å². The maximum absolute atomic E-state index is 11.2. The summed E-state index contributed by atoms with van der Waals surface area (Å²) in [4.78, 5) is 13.5. The summed E-state index contributed by atoms with van der Waals surface area (Å²) < 4.78 is 11.5. The first-order valence-electron chi connectivity index (χ1n) is 12.4. The summed E-state index contributed by atoms with van der Waals surface area (Å²) in [7, 11) is -0.523. The fourth-order valence-electron chi connectivity index (χ4n) is 3.10. The van der Waals surface area contributed by atoms with Crippen molar-refractivity contribution in [2.45, 2.75) is 109 Å². The molecule has 0 aliphatic heterocycles. The molecule has 1 aromatic heterocycles. The molecule has 0 amide bonds. The van der Waals surface area contributed by atoms with E-state index in [0.717, 1.165) is 17.7 Å². The van der Waals surface area contributed by atoms with Gasteiger partial charge in [-0.3, -0.25) is 4.79 Å². The van der Waals surface area contributed by atoms with E-state index in [0.29, 0.717) is 19.3 Å². The second-order valence-electron chi connectivity index (χ2n) is 10.2. The number of aliphatic hydroxyl groups excluding tert-OH is 1. The van der Waals surface area contributed by atoms with Crippen LogP contribution in [0.5, 0.6) is 0 Å². The van der Waals surface area contributed by atoms with E-state index in [-0.39, 0.29) is 17.1 Å². The number of unbranched alkanes of at least 4 members (excludes halogenated alkanes) is 3. The zero-order valence-corrected chi connectivity index (χ0v) is 23.7. The smallest absolute Gasteiger partial charge is 0.305 e. The number of aliphatic hydroxyl groups is 1. The van der Waals surface area contributed by atoms with Gasteiger partial charge in [-0.25, -0.2) is 0 Å². The van der Waals surface area contributed by atoms with Gasteiger partial charge in [0.15, 0.2) is 8.32 Å². The number of thiophene rings is 1. The summed E-state index contributed by atoms with van der Waals surface area (Å²) in [6, 6.07) is 4.27. The minimum absolute atomic E-state index is 0.0606. The lowest BCUT2D eigenvalue weighted by Gasteiger charge is -2.39. The Bertz CT molecular complexity index is 746. The molecule has 0 bridgehead atoms. The van der Waals surface area contributed by atoms with Crippen molar-refractivity contribution in [2.75, 3.05) is 7.11 Å². The van der Waals surface area contributed by atoms with Crippen molar-refractivity contribution in [3.8, 4) is 0 Å². The number of ether oxygens (including phenoxy) is 1. The first kappa shape index (κ1) is 29.8. The summed E-state index contributed by atoms with van der Waals surface area (Å²) in [6.45, 7) is 13.7. The van der Waals surface area contributed by atoms with E-state index in [9.17, 15) is 9.90 Å². The Balaban J connectivity index is 2.82. The van der Waals surface area contributed by atoms with Crippen molar-refractivity contribution in [1.29, 1.82) is 0 Å². The van der Waals surface area contributed by atoms with Gasteiger partial charge in [0.05, 0.1) is 19.3 Å². The second kappa shape index (κ2) is 14.9. The molecule has 188 valence electrons. The maximum Gasteiger partial charge on any atom is 0.305 e. The van der Waals surface area contributed by atoms with E-state index >= 15 is 0 Å². The van der Waals surface area contributed by atoms with Gasteiger partial charge in [-0.1, -0.05) is 58.8 Å². The predicted octanol–water partition coefficient (Wildman–Crippen LogP) is 8.06. The number of esters is 1. The number of hydrogen-bond acceptors (Lipinski definition) is 5. The first-order chi connectivity index (χ1) is 15.5. The maximum atomic E-state index is 11.2. The predicted molar refractivity (Wildman–Crippen MR) is 144 cm³/mol. The Morgan fingerprint density at radius 3 is 2.55 bits per heavy atom. The van der Waals surface area contributed by atoms with E-state index in [2.05, 4.69) is 69.8 Å². The summed E-state index contributed by atoms with van der Waals surface area (Å²) >= 11 is 1.73. The molecule has 6 heteroatoms. The molecule has 1 rings (SSSR count). The van der Waals surface area contributed by atoms with Gasteiger partial charge < -0.3 is 14.3 Å². The van der Waals surface area contributed by atoms with E-state index in [4.69, 9.17) is 4.43 Å². The van der Waals surface area contributed by atoms with Crippen LogP contribution in [-0.4, -0.2) is 32.6 Å². The van der Waals surface area contributed by atoms with Crippen molar-refractivity contribution in [3.05, 3.63) is 40.1 Å². The van der Waals surface area contributed by atoms with Crippen molar-refractivity contribution in [2.24, 2.45) is 0 Å². The molecule has 33 heavy (non-hydrogen) atoms. The van der Waals surface area contributed by atoms with Crippen molar-refractivity contribution < 1.29 is 19.1 Å². The highest BCUT2D eigenvalue weighted by molar-refractivity contribution is 7.13. The average Bonchev–Trinajstić information content (AvgIpc) is 3.21. The Hall–Kier alpha value is -1.21. The van der Waals surface area contributed by atoms with Crippen molar-refractivity contribution in [1.82, 2.24) is 0 Å². The lowest BCUT2D eigenvalue weighted by atomic mass is 10.1. The lowest BCUT2D eigenvalue weighted by molar-refractivity contribution is -0.140. The summed E-state index contributed by atoms with van der Waals surface area (Å²) in [6.07, 6.45) is 15.2. The quantitative estimate of drug-likeness (QED) is 0.116. The van der Waals surface area contributed by atoms with Gasteiger partial charge in [-0.15, -0.1) is 11.3 Å². The van der Waals surface area contributed by atoms with Crippen LogP contribution in [0.2, 0.25) is 18.1 Å². The van der Waals surface area contributed by atoms with Crippen molar-refractivity contribution >= 4 is 31.7 Å². The zero-order chi connectivity index (χ0) is 24.9. The number of carbonyl (C=O) groups excluding carboxylic acids is 1. The number of carbonyl (C=O) groups is 1. The fraction of sp³-hybridized carbons (Fsp3) is 0.667. The van der Waals surface area contributed by atoms with Crippen LogP contribution in [0.4, 0.5) is 0 Å². The molecule has 0 fully saturated rings. The molecule has 0 aliphatic rings. The van der Waals surface area contributed by atoms with Crippen LogP contribution in [0.3, 0.4) is 0 Å². The zero-order valence-electron chi connectivity index (χ0n) is 21.9. The lowest BCUT2D eigenvalue weighted by Crippen LogP contribution is -2.41. The molecule has 0 aliphatic carbocycles. The standard InChI is InChI=1S/C27H46O4SSi/c1-8-9-10-11-12-13-16-24(31-33(6,7)27(2,3)4)25-21-20-23(32-25)19-18-22(28)15-14-17-26(29)30-5/h12-13,18-22,24,28H,8-11,14-17H2,1-7H3. The molecule has 4 nitrogen and oxygen atoms in total. The number of allylic oxidation sites excluding steroid dienone is 1. The van der Waals surface area contributed by atoms with E-state index in [1.165, 1.54) is 31.2 Å². The normalized spacial score (nSPS) is 14.8. The van der Waals surface area contributed by atoms with Crippen LogP contribution >= 0.6 is 11.3 Å². The molecular formula is C27H46O4SSi. The Labute approximate surface area is 207 Å². The first-order valence-corrected chi connectivity index (χ1v) is 16.1. The molecular weight excluding hydrogens is 448 g/mol. The molecule has 1 N–H and O–H groups in total. The third-order valence-corrected chi connectivity index (χ3v) is 11.9. The largest absolute Gasteiger partial charge is 0.469 e. The number of hydrogen-bond donors (Lipinski definition) is 1. The highest BCUT2D eigenvalue weighted by Crippen LogP contribution is 2.42. The van der Waals surface area contributed by atoms with Gasteiger partial charge in [-0.2, -0.15) is 0 Å². The summed E-state index contributed by atoms with van der Waals surface area (Å²) in [5, 5.41) is 10.4. The van der Waals surface area contributed by atoms with Gasteiger partial charge in [0.25, 0.3) is 0 Å². The minimum atomic E-state index is -1.91. The molecule has 0 aromatic carbocycles. The van der Waals surface area contributed by atoms with Gasteiger partial charge in [0.2, 0.25) is 0 Å². The second-order valence-corrected chi connectivity index (χ2v) is 16.1. The van der Waals surface area contributed by atoms with Crippen molar-refractivity contribution in [3.63, 3.8) is 0 Å². The molecule has 0 radical (unpaired) electrons. The molecule has 2 unspecified atom stereocenters. The van der Waals surface area contributed by atoms with Crippen LogP contribution in [0.1, 0.15) is 94.9 Å². The van der Waals surface area contributed by atoms with Gasteiger partial charge in [0, 0.05) is 16.2 Å². The molecule has 0 saturated carbocycles. The monoisotopic (exact) mass is 494 g/mol. The van der Waals surface area contributed by atoms with E-state index < -0.39 is 14.4 Å². The summed E-state index contributed by atoms with van der Waals surface area (Å²) in [5.74, 6) is -0.235. The van der Waals surface area contributed by atoms with Crippen LogP contribution in [-0.2, 0) is 14.0 Å². The average molecular weight is 495 g/mol. The molecule has 0 spiro atoms. The Kier molecular flexibility index (Phi) is 13.5. The molecule has 1 aromatic rings. The topological polar surface area (TPSA) is 55.8 Å². The highest BCUT2D eigenvalue weighted by atomic mass is 32.1. The molecule has 1 heterocycles. The van der Waals surface area contributed by atoms with Crippen LogP contribution in [0.15, 0.2) is 30.4 Å². The number of methoxy groups -OCH3 is 1. The molecule has 0 saturated heterocycles. The highest BCUT2D eigenvalue weighted by Gasteiger charge is 2.39. The SMILES string of the molecule is CCCCCC=CCC(O[Si](C)(C)C(C)(C)C)c1ccc(C=CC(O)CCCC(=O)OC)s1. The number of rotatable bonds is 15. The fourth-order valence-corrected chi connectivity index (χ4v) is 5.44. The summed E-state index contributed by atoms with van der Waals surface area (Å²) in [5.41, 5.74) is 0. The van der Waals surface area contributed by atoms with Crippen LogP contribution in [0.25, 0.3) is 6.08 Å². The Morgan fingerprint density at radius 1 is 1.18 bits per heavy atom.